The molecule has 1 aromatic rings. The van der Waals surface area contributed by atoms with E-state index in [1.165, 1.54) is 0 Å². The number of hydrogen-bond donors (Lipinski definition) is 0. The molecule has 2 heterocycles. The molecule has 2 aliphatic rings. The van der Waals surface area contributed by atoms with Gasteiger partial charge in [-0.05, 0) is 49.9 Å². The number of piperidine rings is 2. The predicted molar refractivity (Wildman–Crippen MR) is 107 cm³/mol. The SMILES string of the molecule is C#CCOCC1CCCN(C(=O)c2ccc(S(=O)(=O)N3CCCCC3)cc2)C1. The van der Waals surface area contributed by atoms with Crippen molar-refractivity contribution in [3.63, 3.8) is 0 Å². The topological polar surface area (TPSA) is 66.9 Å². The lowest BCUT2D eigenvalue weighted by Crippen LogP contribution is -2.41. The first-order valence-electron chi connectivity index (χ1n) is 9.93. The van der Waals surface area contributed by atoms with Crippen molar-refractivity contribution in [2.45, 2.75) is 37.0 Å². The summed E-state index contributed by atoms with van der Waals surface area (Å²) in [5.41, 5.74) is 0.516. The summed E-state index contributed by atoms with van der Waals surface area (Å²) in [5, 5.41) is 0. The summed E-state index contributed by atoms with van der Waals surface area (Å²) in [6.07, 6.45) is 10.0. The summed E-state index contributed by atoms with van der Waals surface area (Å²) < 4.78 is 32.4. The Morgan fingerprint density at radius 3 is 2.50 bits per heavy atom. The van der Waals surface area contributed by atoms with E-state index in [0.717, 1.165) is 32.1 Å². The first-order valence-corrected chi connectivity index (χ1v) is 11.4. The Hall–Kier alpha value is -1.88. The number of benzene rings is 1. The fourth-order valence-electron chi connectivity index (χ4n) is 3.88. The fourth-order valence-corrected chi connectivity index (χ4v) is 5.39. The number of hydrogen-bond acceptors (Lipinski definition) is 4. The van der Waals surface area contributed by atoms with Crippen molar-refractivity contribution in [3.05, 3.63) is 29.8 Å². The number of terminal acetylenes is 1. The minimum atomic E-state index is -3.48. The van der Waals surface area contributed by atoms with E-state index in [2.05, 4.69) is 5.92 Å². The van der Waals surface area contributed by atoms with Crippen molar-refractivity contribution in [2.75, 3.05) is 39.4 Å². The second-order valence-electron chi connectivity index (χ2n) is 7.47. The molecule has 0 N–H and O–H groups in total. The molecule has 1 atom stereocenters. The zero-order valence-corrected chi connectivity index (χ0v) is 17.0. The molecule has 3 rings (SSSR count). The molecular formula is C21H28N2O4S. The van der Waals surface area contributed by atoms with Crippen molar-refractivity contribution in [1.82, 2.24) is 9.21 Å². The number of nitrogens with zero attached hydrogens (tertiary/aromatic N) is 2. The molecule has 0 saturated carbocycles. The van der Waals surface area contributed by atoms with E-state index in [1.54, 1.807) is 28.6 Å². The number of carbonyl (C=O) groups excluding carboxylic acids is 1. The molecule has 1 unspecified atom stereocenters. The lowest BCUT2D eigenvalue weighted by molar-refractivity contribution is 0.0534. The van der Waals surface area contributed by atoms with Gasteiger partial charge in [0.25, 0.3) is 5.91 Å². The first kappa shape index (κ1) is 20.8. The van der Waals surface area contributed by atoms with Crippen LogP contribution < -0.4 is 0 Å². The maximum Gasteiger partial charge on any atom is 0.253 e. The summed E-state index contributed by atoms with van der Waals surface area (Å²) >= 11 is 0. The molecule has 0 aliphatic carbocycles. The van der Waals surface area contributed by atoms with Gasteiger partial charge in [0.2, 0.25) is 10.0 Å². The van der Waals surface area contributed by atoms with Gasteiger partial charge in [0, 0.05) is 37.7 Å². The third-order valence-corrected chi connectivity index (χ3v) is 7.31. The molecule has 0 aromatic heterocycles. The zero-order chi connectivity index (χ0) is 20.0. The Morgan fingerprint density at radius 2 is 1.82 bits per heavy atom. The van der Waals surface area contributed by atoms with Crippen LogP contribution in [0.25, 0.3) is 0 Å². The second kappa shape index (κ2) is 9.55. The van der Waals surface area contributed by atoms with Gasteiger partial charge >= 0.3 is 0 Å². The van der Waals surface area contributed by atoms with Crippen LogP contribution in [0.4, 0.5) is 0 Å². The van der Waals surface area contributed by atoms with E-state index in [0.29, 0.717) is 38.3 Å². The lowest BCUT2D eigenvalue weighted by Gasteiger charge is -2.32. The quantitative estimate of drug-likeness (QED) is 0.539. The average molecular weight is 405 g/mol. The van der Waals surface area contributed by atoms with Gasteiger partial charge in [-0.2, -0.15) is 4.31 Å². The molecule has 28 heavy (non-hydrogen) atoms. The van der Waals surface area contributed by atoms with Crippen LogP contribution in [0.15, 0.2) is 29.2 Å². The van der Waals surface area contributed by atoms with Crippen LogP contribution in [-0.2, 0) is 14.8 Å². The van der Waals surface area contributed by atoms with Crippen LogP contribution in [0.2, 0.25) is 0 Å². The zero-order valence-electron chi connectivity index (χ0n) is 16.2. The van der Waals surface area contributed by atoms with E-state index in [9.17, 15) is 13.2 Å². The van der Waals surface area contributed by atoms with Crippen molar-refractivity contribution in [3.8, 4) is 12.3 Å². The van der Waals surface area contributed by atoms with Crippen molar-refractivity contribution < 1.29 is 17.9 Å². The van der Waals surface area contributed by atoms with Crippen molar-refractivity contribution >= 4 is 15.9 Å². The van der Waals surface area contributed by atoms with E-state index in [1.807, 2.05) is 4.90 Å². The second-order valence-corrected chi connectivity index (χ2v) is 9.41. The summed E-state index contributed by atoms with van der Waals surface area (Å²) in [6.45, 7) is 3.33. The molecule has 1 aromatic carbocycles. The number of carbonyl (C=O) groups is 1. The van der Waals surface area contributed by atoms with Gasteiger partial charge in [-0.25, -0.2) is 8.42 Å². The van der Waals surface area contributed by atoms with Crippen LogP contribution in [0, 0.1) is 18.3 Å². The highest BCUT2D eigenvalue weighted by molar-refractivity contribution is 7.89. The number of likely N-dealkylation sites (tertiary alicyclic amines) is 1. The normalized spacial score (nSPS) is 21.2. The van der Waals surface area contributed by atoms with Gasteiger partial charge in [0.15, 0.2) is 0 Å². The van der Waals surface area contributed by atoms with Gasteiger partial charge in [-0.1, -0.05) is 12.3 Å². The Balaban J connectivity index is 1.64. The Morgan fingerprint density at radius 1 is 1.11 bits per heavy atom. The number of sulfonamides is 1. The highest BCUT2D eigenvalue weighted by Crippen LogP contribution is 2.23. The van der Waals surface area contributed by atoms with Crippen molar-refractivity contribution in [1.29, 1.82) is 0 Å². The van der Waals surface area contributed by atoms with Gasteiger partial charge in [-0.15, -0.1) is 6.42 Å². The lowest BCUT2D eigenvalue weighted by atomic mass is 9.98. The predicted octanol–water partition coefficient (Wildman–Crippen LogP) is 2.36. The Kier molecular flexibility index (Phi) is 7.11. The molecule has 2 saturated heterocycles. The smallest absolute Gasteiger partial charge is 0.253 e. The third kappa shape index (κ3) is 4.93. The molecule has 2 aliphatic heterocycles. The van der Waals surface area contributed by atoms with Crippen LogP contribution in [0.5, 0.6) is 0 Å². The molecule has 0 radical (unpaired) electrons. The van der Waals surface area contributed by atoms with E-state index in [4.69, 9.17) is 11.2 Å². The summed E-state index contributed by atoms with van der Waals surface area (Å²) in [5.74, 6) is 2.67. The van der Waals surface area contributed by atoms with Gasteiger partial charge in [-0.3, -0.25) is 4.79 Å². The van der Waals surface area contributed by atoms with E-state index in [-0.39, 0.29) is 23.3 Å². The minimum absolute atomic E-state index is 0.0661. The highest BCUT2D eigenvalue weighted by atomic mass is 32.2. The molecule has 7 heteroatoms. The maximum absolute atomic E-state index is 12.8. The molecule has 6 nitrogen and oxygen atoms in total. The van der Waals surface area contributed by atoms with Gasteiger partial charge in [0.05, 0.1) is 11.5 Å². The average Bonchev–Trinajstić information content (AvgIpc) is 2.74. The molecule has 0 spiro atoms. The molecule has 152 valence electrons. The van der Waals surface area contributed by atoms with E-state index < -0.39 is 10.0 Å². The number of ether oxygens (including phenoxy) is 1. The van der Waals surface area contributed by atoms with Crippen LogP contribution >= 0.6 is 0 Å². The maximum atomic E-state index is 12.8. The van der Waals surface area contributed by atoms with Crippen LogP contribution in [0.1, 0.15) is 42.5 Å². The monoisotopic (exact) mass is 404 g/mol. The molecule has 0 bridgehead atoms. The standard InChI is InChI=1S/C21H28N2O4S/c1-2-15-27-17-18-7-6-12-22(16-18)21(24)19-8-10-20(11-9-19)28(25,26)23-13-4-3-5-14-23/h1,8-11,18H,3-7,12-17H2. The van der Waals surface area contributed by atoms with Gasteiger partial charge in [0.1, 0.15) is 6.61 Å². The fraction of sp³-hybridized carbons (Fsp3) is 0.571. The first-order chi connectivity index (χ1) is 13.5. The molecule has 1 amide bonds. The summed E-state index contributed by atoms with van der Waals surface area (Å²) in [4.78, 5) is 14.9. The Labute approximate surface area is 167 Å². The van der Waals surface area contributed by atoms with E-state index >= 15 is 0 Å². The minimum Gasteiger partial charge on any atom is -0.368 e. The van der Waals surface area contributed by atoms with Crippen LogP contribution in [-0.4, -0.2) is 62.9 Å². The number of rotatable bonds is 6. The van der Waals surface area contributed by atoms with Gasteiger partial charge < -0.3 is 9.64 Å². The largest absolute Gasteiger partial charge is 0.368 e. The van der Waals surface area contributed by atoms with Crippen molar-refractivity contribution in [2.24, 2.45) is 5.92 Å². The van der Waals surface area contributed by atoms with Crippen LogP contribution in [0.3, 0.4) is 0 Å². The highest BCUT2D eigenvalue weighted by Gasteiger charge is 2.27. The molecular weight excluding hydrogens is 376 g/mol. The third-order valence-electron chi connectivity index (χ3n) is 5.40. The Bertz CT molecular complexity index is 808. The summed E-state index contributed by atoms with van der Waals surface area (Å²) in [7, 11) is -3.48. The number of amides is 1. The molecule has 2 fully saturated rings. The summed E-state index contributed by atoms with van der Waals surface area (Å²) in [6, 6.07) is 6.35.